The van der Waals surface area contributed by atoms with E-state index in [2.05, 4.69) is 35.6 Å². The van der Waals surface area contributed by atoms with Crippen molar-refractivity contribution in [1.29, 1.82) is 0 Å². The van der Waals surface area contributed by atoms with E-state index in [9.17, 15) is 33.4 Å². The summed E-state index contributed by atoms with van der Waals surface area (Å²) in [7, 11) is 6.78. The monoisotopic (exact) mass is 1320 g/mol. The zero-order chi connectivity index (χ0) is 68.8. The van der Waals surface area contributed by atoms with Crippen LogP contribution in [0.1, 0.15) is 94.4 Å². The number of aryl methyl sites for hydroxylation is 6. The van der Waals surface area contributed by atoms with Crippen molar-refractivity contribution < 1.29 is 57.1 Å². The highest BCUT2D eigenvalue weighted by atomic mass is 19.1. The largest absolute Gasteiger partial charge is 0.478 e. The fourth-order valence-electron chi connectivity index (χ4n) is 11.7. The smallest absolute Gasteiger partial charge is 0.341 e. The number of ether oxygens (including phenoxy) is 3. The van der Waals surface area contributed by atoms with E-state index < -0.39 is 30.2 Å². The van der Waals surface area contributed by atoms with E-state index in [0.717, 1.165) is 73.6 Å². The second-order valence-electron chi connectivity index (χ2n) is 23.9. The predicted octanol–water partition coefficient (Wildman–Crippen LogP) is 8.78. The summed E-state index contributed by atoms with van der Waals surface area (Å²) in [5, 5.41) is 43.8. The summed E-state index contributed by atoms with van der Waals surface area (Å²) in [6, 6.07) is 20.0. The van der Waals surface area contributed by atoms with E-state index >= 15 is 4.39 Å². The topological polar surface area (TPSA) is 283 Å². The molecular formula is C71H73F3N14O9. The number of nitrogens with zero attached hydrogens (tertiary/aromatic N) is 12. The molecule has 502 valence electrons. The molecule has 1 amide bonds. The summed E-state index contributed by atoms with van der Waals surface area (Å²) in [4.78, 5) is 49.6. The number of carboxylic acids is 1. The molecule has 0 bridgehead atoms. The predicted molar refractivity (Wildman–Crippen MR) is 354 cm³/mol. The van der Waals surface area contributed by atoms with Gasteiger partial charge in [0.2, 0.25) is 0 Å². The number of rotatable bonds is 13. The van der Waals surface area contributed by atoms with Crippen LogP contribution in [0, 0.1) is 38.2 Å². The molecule has 0 saturated carbocycles. The molecule has 23 nitrogen and oxygen atoms in total. The number of aliphatic hydroxyl groups excluding tert-OH is 2. The van der Waals surface area contributed by atoms with E-state index in [1.165, 1.54) is 25.3 Å². The summed E-state index contributed by atoms with van der Waals surface area (Å²) in [6.07, 6.45) is 21.8. The maximum Gasteiger partial charge on any atom is 0.341 e. The molecule has 14 rings (SSSR count). The van der Waals surface area contributed by atoms with Gasteiger partial charge in [0.15, 0.2) is 11.3 Å². The Labute approximate surface area is 555 Å². The Morgan fingerprint density at radius 3 is 1.28 bits per heavy atom. The third kappa shape index (κ3) is 15.2. The van der Waals surface area contributed by atoms with Crippen molar-refractivity contribution in [2.75, 3.05) is 33.5 Å². The lowest BCUT2D eigenvalue weighted by atomic mass is 9.98. The molecule has 6 N–H and O–H groups in total. The Hall–Kier alpha value is -10.6. The first-order valence-electron chi connectivity index (χ1n) is 31.2. The number of fused-ring (bicyclic) bond motifs is 3. The van der Waals surface area contributed by atoms with Crippen LogP contribution in [0.3, 0.4) is 0 Å². The van der Waals surface area contributed by atoms with Gasteiger partial charge < -0.3 is 53.8 Å². The van der Waals surface area contributed by atoms with Crippen molar-refractivity contribution in [3.63, 3.8) is 0 Å². The number of carboxylic acid groups (broad SMARTS) is 1. The van der Waals surface area contributed by atoms with Gasteiger partial charge in [-0.1, -0.05) is 36.4 Å². The van der Waals surface area contributed by atoms with Crippen LogP contribution in [-0.4, -0.2) is 148 Å². The van der Waals surface area contributed by atoms with Gasteiger partial charge in [-0.2, -0.15) is 15.3 Å². The number of hydrogen-bond acceptors (Lipinski definition) is 15. The minimum Gasteiger partial charge on any atom is -0.478 e. The zero-order valence-electron chi connectivity index (χ0n) is 54.4. The highest BCUT2D eigenvalue weighted by Crippen LogP contribution is 2.30. The number of carbonyl (C=O) groups excluding carboxylic acids is 2. The number of hydrogen-bond donors (Lipinski definition) is 5. The third-order valence-corrected chi connectivity index (χ3v) is 17.4. The van der Waals surface area contributed by atoms with Crippen LogP contribution in [0.25, 0.3) is 50.3 Å². The number of halogens is 3. The number of esters is 1. The number of pyridine rings is 3. The van der Waals surface area contributed by atoms with Crippen LogP contribution in [-0.2, 0) is 54.6 Å². The number of aliphatic hydroxyl groups is 2. The lowest BCUT2D eigenvalue weighted by Crippen LogP contribution is -2.48. The maximum absolute atomic E-state index is 15.1. The minimum atomic E-state index is -1.06. The number of aromatic carboxylic acids is 1. The fourth-order valence-corrected chi connectivity index (χ4v) is 11.7. The fraction of sp³-hybridized carbons (Fsp3) is 0.282. The molecule has 4 atom stereocenters. The quantitative estimate of drug-likeness (QED) is 0.0674. The summed E-state index contributed by atoms with van der Waals surface area (Å²) >= 11 is 0. The Kier molecular flexibility index (Phi) is 20.7. The van der Waals surface area contributed by atoms with Crippen LogP contribution in [0.15, 0.2) is 147 Å². The molecule has 2 aliphatic rings. The molecule has 2 saturated heterocycles. The van der Waals surface area contributed by atoms with E-state index in [1.807, 2.05) is 87.5 Å². The number of imidazole rings is 3. The summed E-state index contributed by atoms with van der Waals surface area (Å²) in [6.45, 7) is 7.49. The summed E-state index contributed by atoms with van der Waals surface area (Å²) in [5.74, 6) is -2.80. The van der Waals surface area contributed by atoms with Crippen molar-refractivity contribution >= 4 is 34.8 Å². The number of methoxy groups -OCH3 is 1. The van der Waals surface area contributed by atoms with Gasteiger partial charge in [-0.15, -0.1) is 0 Å². The van der Waals surface area contributed by atoms with Gasteiger partial charge in [0.25, 0.3) is 5.91 Å². The first kappa shape index (κ1) is 67.8. The molecule has 11 heterocycles. The molecule has 3 aromatic carbocycles. The van der Waals surface area contributed by atoms with Gasteiger partial charge >= 0.3 is 11.9 Å². The Morgan fingerprint density at radius 1 is 0.546 bits per heavy atom. The first-order chi connectivity index (χ1) is 46.6. The number of amides is 1. The van der Waals surface area contributed by atoms with Crippen LogP contribution in [0.5, 0.6) is 0 Å². The second kappa shape index (κ2) is 29.6. The highest BCUT2D eigenvalue weighted by Gasteiger charge is 2.28. The Bertz CT molecular complexity index is 4850. The molecule has 2 fully saturated rings. The lowest BCUT2D eigenvalue weighted by molar-refractivity contribution is -0.0260. The van der Waals surface area contributed by atoms with Gasteiger partial charge in [-0.05, 0) is 120 Å². The van der Waals surface area contributed by atoms with Gasteiger partial charge in [0.1, 0.15) is 34.2 Å². The maximum atomic E-state index is 15.1. The number of nitrogens with two attached hydrogens (primary N) is 1. The lowest BCUT2D eigenvalue weighted by Gasteiger charge is -2.28. The number of benzene rings is 3. The van der Waals surface area contributed by atoms with Gasteiger partial charge in [0, 0.05) is 149 Å². The number of aromatic nitrogens is 12. The van der Waals surface area contributed by atoms with Crippen molar-refractivity contribution in [1.82, 2.24) is 62.8 Å². The molecule has 0 aliphatic carbocycles. The van der Waals surface area contributed by atoms with E-state index in [-0.39, 0.29) is 41.6 Å². The average molecular weight is 1320 g/mol. The van der Waals surface area contributed by atoms with Crippen molar-refractivity contribution in [3.05, 3.63) is 232 Å². The van der Waals surface area contributed by atoms with Gasteiger partial charge in [-0.25, -0.2) is 37.7 Å². The minimum absolute atomic E-state index is 0.0660. The molecule has 0 radical (unpaired) electrons. The molecular weight excluding hydrogens is 1250 g/mol. The van der Waals surface area contributed by atoms with E-state index in [1.54, 1.807) is 111 Å². The molecule has 9 aromatic heterocycles. The molecule has 2 aliphatic heterocycles. The average Bonchev–Trinajstić information content (AvgIpc) is 1.75. The normalized spacial score (nSPS) is 16.1. The number of carbonyl (C=O) groups is 3. The van der Waals surface area contributed by atoms with E-state index in [4.69, 9.17) is 25.1 Å². The third-order valence-electron chi connectivity index (χ3n) is 17.4. The van der Waals surface area contributed by atoms with Crippen molar-refractivity contribution in [2.45, 2.75) is 77.2 Å². The zero-order valence-corrected chi connectivity index (χ0v) is 54.4. The van der Waals surface area contributed by atoms with Crippen molar-refractivity contribution in [2.24, 2.45) is 26.9 Å². The molecule has 0 spiro atoms. The van der Waals surface area contributed by atoms with Crippen LogP contribution >= 0.6 is 0 Å². The SMILES string of the molecule is COC(=O)c1cc(Cc2ccc(-c3cnn(C)c3)cc2F)c(C)n2ccnc12.Cc1c(Cc2ccc(-c3cnn(C)c3)cc2F)cc(C(=O)N[C@H]2CCOC[C@@H]2O)c2nccn12.Cc1c(Cc2ccc(-c3cnn(C)c3)cc2F)cc(C(=O)O)c2nccn12.N[C@H]1CCOC[C@@H]1O. The molecule has 97 heavy (non-hydrogen) atoms. The van der Waals surface area contributed by atoms with Crippen LogP contribution in [0.4, 0.5) is 13.2 Å². The molecule has 12 aromatic rings. The Morgan fingerprint density at radius 2 is 0.928 bits per heavy atom. The highest BCUT2D eigenvalue weighted by molar-refractivity contribution is 6.00. The second-order valence-corrected chi connectivity index (χ2v) is 23.9. The Balaban J connectivity index is 0.000000140. The van der Waals surface area contributed by atoms with Crippen LogP contribution < -0.4 is 11.1 Å². The first-order valence-corrected chi connectivity index (χ1v) is 31.2. The van der Waals surface area contributed by atoms with Gasteiger partial charge in [0.05, 0.1) is 62.7 Å². The molecule has 26 heteroatoms. The standard InChI is InChI=1S/C25H26FN5O3.C21H19FN4O2.C20H17FN4O2.C5H11NO2/c1-15-18(9-17-4-3-16(11-21(17)26)19-12-28-30(2)13-19)10-20(24-27-6-7-31(15)24)25(33)29-22-5-8-34-14-23(22)32;1-13-16(9-18(21(27)28-3)20-23-6-7-26(13)20)8-15-5-4-14(10-19(15)22)17-11-24-25(2)12-17;1-12-15(8-17(20(26)27)19-22-5-6-25(12)19)7-14-4-3-13(9-18(14)21)16-10-23-24(2)11-16;6-4-1-2-8-3-5(4)7/h3-4,6-7,10-13,22-23,32H,5,8-9,14H2,1-2H3,(H,29,33);4-7,9-12H,8H2,1-3H3;3-6,8-11H,7H2,1-2H3,(H,26,27);4-5,7H,1-3,6H2/t22-,23-;;;4-,5-/m0..0/s1. The number of nitrogens with one attached hydrogen (secondary N) is 1. The molecule has 0 unspecified atom stereocenters. The van der Waals surface area contributed by atoms with Crippen LogP contribution in [0.2, 0.25) is 0 Å². The van der Waals surface area contributed by atoms with Gasteiger partial charge in [-0.3, -0.25) is 18.8 Å². The summed E-state index contributed by atoms with van der Waals surface area (Å²) in [5.41, 5.74) is 19.1. The van der Waals surface area contributed by atoms with E-state index in [0.29, 0.717) is 90.3 Å². The van der Waals surface area contributed by atoms with Crippen molar-refractivity contribution in [3.8, 4) is 33.4 Å². The summed E-state index contributed by atoms with van der Waals surface area (Å²) < 4.78 is 70.0.